The highest BCUT2D eigenvalue weighted by atomic mass is 35.5. The van der Waals surface area contributed by atoms with Crippen molar-refractivity contribution < 1.29 is 9.32 Å². The second-order valence-electron chi connectivity index (χ2n) is 5.68. The molecule has 0 saturated heterocycles. The van der Waals surface area contributed by atoms with Gasteiger partial charge < -0.3 is 9.84 Å². The van der Waals surface area contributed by atoms with Crippen LogP contribution < -0.4 is 5.32 Å². The molecule has 0 spiro atoms. The van der Waals surface area contributed by atoms with Gasteiger partial charge in [-0.05, 0) is 24.3 Å². The predicted molar refractivity (Wildman–Crippen MR) is 83.7 cm³/mol. The predicted octanol–water partition coefficient (Wildman–Crippen LogP) is 4.43. The van der Waals surface area contributed by atoms with Gasteiger partial charge in [-0.3, -0.25) is 4.79 Å². The Morgan fingerprint density at radius 2 is 1.95 bits per heavy atom. The summed E-state index contributed by atoms with van der Waals surface area (Å²) in [6.07, 6.45) is 2.98. The first-order valence-electron chi connectivity index (χ1n) is 6.56. The van der Waals surface area contributed by atoms with E-state index in [-0.39, 0.29) is 11.2 Å². The molecular formula is C16H17ClN2O2. The zero-order valence-electron chi connectivity index (χ0n) is 12.2. The maximum Gasteiger partial charge on any atom is 0.187 e. The van der Waals surface area contributed by atoms with Crippen molar-refractivity contribution in [2.24, 2.45) is 0 Å². The number of ketones is 1. The molecule has 110 valence electrons. The fourth-order valence-corrected chi connectivity index (χ4v) is 1.74. The molecule has 0 bridgehead atoms. The highest BCUT2D eigenvalue weighted by Crippen LogP contribution is 2.24. The second kappa shape index (κ2) is 6.14. The quantitative estimate of drug-likeness (QED) is 0.670. The van der Waals surface area contributed by atoms with Crippen molar-refractivity contribution in [1.82, 2.24) is 5.16 Å². The molecule has 0 aliphatic rings. The normalized spacial score (nSPS) is 11.8. The summed E-state index contributed by atoms with van der Waals surface area (Å²) in [5.41, 5.74) is 0.475. The van der Waals surface area contributed by atoms with Gasteiger partial charge in [0.15, 0.2) is 11.6 Å². The van der Waals surface area contributed by atoms with Crippen LogP contribution in [0.15, 0.2) is 47.1 Å². The summed E-state index contributed by atoms with van der Waals surface area (Å²) in [7, 11) is 0. The van der Waals surface area contributed by atoms with Crippen molar-refractivity contribution in [2.75, 3.05) is 5.32 Å². The molecule has 5 heteroatoms. The van der Waals surface area contributed by atoms with Gasteiger partial charge in [-0.2, -0.15) is 0 Å². The SMILES string of the molecule is CC(C)(C)c1cc(N/C=C/C(=O)c2ccc(Cl)cc2)no1. The summed E-state index contributed by atoms with van der Waals surface area (Å²) in [5, 5.41) is 7.42. The zero-order valence-corrected chi connectivity index (χ0v) is 12.9. The fraction of sp³-hybridized carbons (Fsp3) is 0.250. The molecule has 21 heavy (non-hydrogen) atoms. The van der Waals surface area contributed by atoms with Gasteiger partial charge >= 0.3 is 0 Å². The van der Waals surface area contributed by atoms with Crippen molar-refractivity contribution in [3.63, 3.8) is 0 Å². The molecule has 1 N–H and O–H groups in total. The molecule has 0 radical (unpaired) electrons. The first-order valence-corrected chi connectivity index (χ1v) is 6.94. The van der Waals surface area contributed by atoms with E-state index < -0.39 is 0 Å². The van der Waals surface area contributed by atoms with Gasteiger partial charge in [-0.1, -0.05) is 37.5 Å². The zero-order chi connectivity index (χ0) is 15.5. The van der Waals surface area contributed by atoms with Crippen molar-refractivity contribution in [2.45, 2.75) is 26.2 Å². The summed E-state index contributed by atoms with van der Waals surface area (Å²) in [6, 6.07) is 8.55. The maximum absolute atomic E-state index is 11.9. The maximum atomic E-state index is 11.9. The van der Waals surface area contributed by atoms with Crippen LogP contribution in [-0.2, 0) is 5.41 Å². The van der Waals surface area contributed by atoms with E-state index in [0.717, 1.165) is 5.76 Å². The Kier molecular flexibility index (Phi) is 4.48. The molecule has 2 aromatic rings. The van der Waals surface area contributed by atoms with Crippen LogP contribution in [-0.4, -0.2) is 10.9 Å². The number of rotatable bonds is 4. The molecule has 0 fully saturated rings. The third-order valence-electron chi connectivity index (χ3n) is 2.84. The lowest BCUT2D eigenvalue weighted by molar-refractivity contribution is 0.104. The Bertz CT molecular complexity index is 652. The second-order valence-corrected chi connectivity index (χ2v) is 6.11. The van der Waals surface area contributed by atoms with Gasteiger partial charge in [-0.15, -0.1) is 0 Å². The molecule has 0 saturated carbocycles. The average molecular weight is 305 g/mol. The molecule has 0 aliphatic heterocycles. The molecular weight excluding hydrogens is 288 g/mol. The molecule has 4 nitrogen and oxygen atoms in total. The molecule has 2 rings (SSSR count). The molecule has 0 unspecified atom stereocenters. The third-order valence-corrected chi connectivity index (χ3v) is 3.10. The Morgan fingerprint density at radius 1 is 1.29 bits per heavy atom. The van der Waals surface area contributed by atoms with E-state index >= 15 is 0 Å². The van der Waals surface area contributed by atoms with Gasteiger partial charge in [0.2, 0.25) is 0 Å². The average Bonchev–Trinajstić information content (AvgIpc) is 2.88. The number of hydrogen-bond donors (Lipinski definition) is 1. The topological polar surface area (TPSA) is 55.1 Å². The fourth-order valence-electron chi connectivity index (χ4n) is 1.61. The Labute approximate surface area is 128 Å². The van der Waals surface area contributed by atoms with Gasteiger partial charge in [-0.25, -0.2) is 0 Å². The lowest BCUT2D eigenvalue weighted by Crippen LogP contribution is -2.09. The number of aromatic nitrogens is 1. The third kappa shape index (κ3) is 4.20. The van der Waals surface area contributed by atoms with Crippen LogP contribution in [0.2, 0.25) is 5.02 Å². The number of nitrogens with zero attached hydrogens (tertiary/aromatic N) is 1. The lowest BCUT2D eigenvalue weighted by atomic mass is 9.93. The molecule has 1 aromatic heterocycles. The van der Waals surface area contributed by atoms with Crippen LogP contribution in [0.3, 0.4) is 0 Å². The first-order chi connectivity index (χ1) is 9.86. The van der Waals surface area contributed by atoms with E-state index in [1.807, 2.05) is 26.8 Å². The number of halogens is 1. The monoisotopic (exact) mass is 304 g/mol. The van der Waals surface area contributed by atoms with Crippen molar-refractivity contribution >= 4 is 23.2 Å². The van der Waals surface area contributed by atoms with E-state index in [2.05, 4.69) is 10.5 Å². The van der Waals surface area contributed by atoms with Crippen molar-refractivity contribution in [3.05, 3.63) is 59.0 Å². The minimum atomic E-state index is -0.112. The molecule has 0 amide bonds. The number of nitrogens with one attached hydrogen (secondary N) is 1. The Hall–Kier alpha value is -2.07. The lowest BCUT2D eigenvalue weighted by Gasteiger charge is -2.11. The number of hydrogen-bond acceptors (Lipinski definition) is 4. The van der Waals surface area contributed by atoms with Crippen LogP contribution >= 0.6 is 11.6 Å². The summed E-state index contributed by atoms with van der Waals surface area (Å²) < 4.78 is 5.24. The Morgan fingerprint density at radius 3 is 2.52 bits per heavy atom. The largest absolute Gasteiger partial charge is 0.359 e. The van der Waals surface area contributed by atoms with E-state index in [4.69, 9.17) is 16.1 Å². The van der Waals surface area contributed by atoms with E-state index in [1.54, 1.807) is 30.5 Å². The summed E-state index contributed by atoms with van der Waals surface area (Å²) in [6.45, 7) is 6.12. The first kappa shape index (κ1) is 15.3. The van der Waals surface area contributed by atoms with Crippen LogP contribution in [0.25, 0.3) is 0 Å². The standard InChI is InChI=1S/C16H17ClN2O2/c1-16(2,3)14-10-15(19-21-14)18-9-8-13(20)11-4-6-12(17)7-5-11/h4-10H,1-3H3,(H,18,19)/b9-8+. The van der Waals surface area contributed by atoms with Crippen molar-refractivity contribution in [1.29, 1.82) is 0 Å². The number of carbonyl (C=O) groups excluding carboxylic acids is 1. The van der Waals surface area contributed by atoms with Gasteiger partial charge in [0.1, 0.15) is 5.76 Å². The summed E-state index contributed by atoms with van der Waals surface area (Å²) in [4.78, 5) is 11.9. The Balaban J connectivity index is 1.97. The highest BCUT2D eigenvalue weighted by molar-refractivity contribution is 6.30. The van der Waals surface area contributed by atoms with E-state index in [9.17, 15) is 4.79 Å². The molecule has 0 aliphatic carbocycles. The van der Waals surface area contributed by atoms with Gasteiger partial charge in [0.05, 0.1) is 0 Å². The van der Waals surface area contributed by atoms with Crippen molar-refractivity contribution in [3.8, 4) is 0 Å². The van der Waals surface area contributed by atoms with Gasteiger partial charge in [0.25, 0.3) is 0 Å². The number of allylic oxidation sites excluding steroid dienone is 1. The van der Waals surface area contributed by atoms with Gasteiger partial charge in [0, 0.05) is 34.3 Å². The highest BCUT2D eigenvalue weighted by Gasteiger charge is 2.19. The van der Waals surface area contributed by atoms with Crippen LogP contribution in [0.4, 0.5) is 5.82 Å². The summed E-state index contributed by atoms with van der Waals surface area (Å²) in [5.74, 6) is 1.24. The smallest absolute Gasteiger partial charge is 0.187 e. The van der Waals surface area contributed by atoms with Crippen LogP contribution in [0.5, 0.6) is 0 Å². The molecule has 1 heterocycles. The minimum absolute atomic E-state index is 0.101. The number of anilines is 1. The van der Waals surface area contributed by atoms with E-state index in [1.165, 1.54) is 6.08 Å². The number of benzene rings is 1. The summed E-state index contributed by atoms with van der Waals surface area (Å²) >= 11 is 5.78. The number of carbonyl (C=O) groups is 1. The van der Waals surface area contributed by atoms with Crippen LogP contribution in [0.1, 0.15) is 36.9 Å². The minimum Gasteiger partial charge on any atom is -0.359 e. The van der Waals surface area contributed by atoms with Crippen LogP contribution in [0, 0.1) is 0 Å². The molecule has 0 atom stereocenters. The molecule has 1 aromatic carbocycles. The van der Waals surface area contributed by atoms with E-state index in [0.29, 0.717) is 16.4 Å².